The van der Waals surface area contributed by atoms with E-state index in [4.69, 9.17) is 4.99 Å². The van der Waals surface area contributed by atoms with Crippen LogP contribution in [-0.2, 0) is 5.54 Å². The molecule has 0 saturated carbocycles. The van der Waals surface area contributed by atoms with Gasteiger partial charge in [-0.2, -0.15) is 0 Å². The van der Waals surface area contributed by atoms with Gasteiger partial charge in [-0.3, -0.25) is 4.99 Å². The molecule has 174 valence electrons. The molecule has 1 N–H and O–H groups in total. The van der Waals surface area contributed by atoms with Crippen molar-refractivity contribution in [3.05, 3.63) is 145 Å². The zero-order valence-corrected chi connectivity index (χ0v) is 20.4. The van der Waals surface area contributed by atoms with Gasteiger partial charge in [0.15, 0.2) is 0 Å². The predicted molar refractivity (Wildman–Crippen MR) is 152 cm³/mol. The number of benzene rings is 5. The highest BCUT2D eigenvalue weighted by molar-refractivity contribution is 6.04. The van der Waals surface area contributed by atoms with Crippen LogP contribution in [0.2, 0.25) is 0 Å². The summed E-state index contributed by atoms with van der Waals surface area (Å²) in [4.78, 5) is 5.15. The highest BCUT2D eigenvalue weighted by Gasteiger charge is 2.32. The molecule has 0 bridgehead atoms. The van der Waals surface area contributed by atoms with Gasteiger partial charge in [0.05, 0.1) is 22.6 Å². The van der Waals surface area contributed by atoms with Crippen LogP contribution in [0, 0.1) is 0 Å². The fourth-order valence-electron chi connectivity index (χ4n) is 5.03. The summed E-state index contributed by atoms with van der Waals surface area (Å²) in [5.41, 5.74) is 10.1. The average molecular weight is 465 g/mol. The molecule has 2 nitrogen and oxygen atoms in total. The van der Waals surface area contributed by atoms with Crippen LogP contribution < -0.4 is 5.32 Å². The molecule has 0 saturated heterocycles. The summed E-state index contributed by atoms with van der Waals surface area (Å²) in [6.07, 6.45) is 0.775. The van der Waals surface area contributed by atoms with Crippen LogP contribution in [-0.4, -0.2) is 5.71 Å². The summed E-state index contributed by atoms with van der Waals surface area (Å²) < 4.78 is 0. The van der Waals surface area contributed by atoms with E-state index >= 15 is 0 Å². The average Bonchev–Trinajstić information content (AvgIpc) is 3.11. The zero-order valence-electron chi connectivity index (χ0n) is 20.4. The number of anilines is 1. The minimum absolute atomic E-state index is 0.307. The molecule has 2 heteroatoms. The molecule has 1 atom stereocenters. The Morgan fingerprint density at radius 3 is 1.61 bits per heavy atom. The Labute approximate surface area is 213 Å². The van der Waals surface area contributed by atoms with Crippen molar-refractivity contribution >= 4 is 17.1 Å². The molecule has 6 rings (SSSR count). The van der Waals surface area contributed by atoms with Gasteiger partial charge in [0.25, 0.3) is 0 Å². The van der Waals surface area contributed by atoms with E-state index < -0.39 is 0 Å². The van der Waals surface area contributed by atoms with Gasteiger partial charge >= 0.3 is 0 Å². The third-order valence-corrected chi connectivity index (χ3v) is 7.05. The minimum atomic E-state index is -0.307. The number of para-hydroxylation sites is 2. The van der Waals surface area contributed by atoms with E-state index in [2.05, 4.69) is 146 Å². The second kappa shape index (κ2) is 9.31. The number of hydrogen-bond acceptors (Lipinski definition) is 2. The molecule has 1 aliphatic rings. The van der Waals surface area contributed by atoms with Crippen molar-refractivity contribution in [2.45, 2.75) is 18.9 Å². The summed E-state index contributed by atoms with van der Waals surface area (Å²) in [6, 6.07) is 47.1. The van der Waals surface area contributed by atoms with Crippen molar-refractivity contribution in [1.29, 1.82) is 0 Å². The SMILES string of the molecule is C[C@]1(c2ccc(-c3ccccc3)cc2)CC(c2ccc(-c3ccccc3)cc2)=Nc2ccccc2N1. The van der Waals surface area contributed by atoms with Crippen LogP contribution >= 0.6 is 0 Å². The van der Waals surface area contributed by atoms with E-state index in [1.54, 1.807) is 0 Å². The van der Waals surface area contributed by atoms with Crippen molar-refractivity contribution in [1.82, 2.24) is 0 Å². The van der Waals surface area contributed by atoms with Gasteiger partial charge in [-0.15, -0.1) is 0 Å². The third kappa shape index (κ3) is 4.34. The quantitative estimate of drug-likeness (QED) is 0.282. The lowest BCUT2D eigenvalue weighted by molar-refractivity contribution is 0.571. The molecule has 0 unspecified atom stereocenters. The first kappa shape index (κ1) is 22.1. The standard InChI is InChI=1S/C34H28N2/c1-34(30-22-20-28(21-23-30)26-12-6-3-7-13-26)24-33(35-31-14-8-9-15-32(31)36-34)29-18-16-27(17-19-29)25-10-4-2-5-11-25/h2-23,36H,24H2,1H3/t34-/m1/s1. The summed E-state index contributed by atoms with van der Waals surface area (Å²) in [6.45, 7) is 2.28. The normalized spacial score (nSPS) is 16.9. The van der Waals surface area contributed by atoms with Gasteiger partial charge < -0.3 is 5.32 Å². The van der Waals surface area contributed by atoms with Crippen molar-refractivity contribution in [2.24, 2.45) is 4.99 Å². The van der Waals surface area contributed by atoms with E-state index in [9.17, 15) is 0 Å². The smallest absolute Gasteiger partial charge is 0.0864 e. The molecule has 0 fully saturated rings. The molecule has 0 aliphatic carbocycles. The Hall–Kier alpha value is -4.43. The first-order chi connectivity index (χ1) is 17.7. The summed E-state index contributed by atoms with van der Waals surface area (Å²) in [5.74, 6) is 0. The summed E-state index contributed by atoms with van der Waals surface area (Å²) >= 11 is 0. The number of hydrogen-bond donors (Lipinski definition) is 1. The van der Waals surface area contributed by atoms with Crippen LogP contribution in [0.3, 0.4) is 0 Å². The lowest BCUT2D eigenvalue weighted by Gasteiger charge is -2.32. The Balaban J connectivity index is 1.37. The second-order valence-corrected chi connectivity index (χ2v) is 9.60. The van der Waals surface area contributed by atoms with Crippen molar-refractivity contribution in [2.75, 3.05) is 5.32 Å². The van der Waals surface area contributed by atoms with Crippen molar-refractivity contribution in [3.63, 3.8) is 0 Å². The number of nitrogens with one attached hydrogen (secondary N) is 1. The monoisotopic (exact) mass is 464 g/mol. The highest BCUT2D eigenvalue weighted by Crippen LogP contribution is 2.39. The topological polar surface area (TPSA) is 24.4 Å². The molecule has 0 aromatic heterocycles. The Morgan fingerprint density at radius 1 is 0.528 bits per heavy atom. The number of fused-ring (bicyclic) bond motifs is 1. The maximum Gasteiger partial charge on any atom is 0.0864 e. The second-order valence-electron chi connectivity index (χ2n) is 9.60. The molecule has 0 spiro atoms. The van der Waals surface area contributed by atoms with Gasteiger partial charge in [-0.05, 0) is 52.4 Å². The number of nitrogens with zero attached hydrogens (tertiary/aromatic N) is 1. The van der Waals surface area contributed by atoms with Gasteiger partial charge in [-0.25, -0.2) is 0 Å². The molecule has 0 radical (unpaired) electrons. The first-order valence-corrected chi connectivity index (χ1v) is 12.4. The molecular weight excluding hydrogens is 436 g/mol. The molecule has 36 heavy (non-hydrogen) atoms. The van der Waals surface area contributed by atoms with Crippen LogP contribution in [0.15, 0.2) is 138 Å². The number of aliphatic imine (C=N–C) groups is 1. The molecule has 5 aromatic carbocycles. The molecule has 1 aliphatic heterocycles. The van der Waals surface area contributed by atoms with Crippen LogP contribution in [0.25, 0.3) is 22.3 Å². The highest BCUT2D eigenvalue weighted by atomic mass is 15.0. The van der Waals surface area contributed by atoms with Crippen molar-refractivity contribution in [3.8, 4) is 22.3 Å². The lowest BCUT2D eigenvalue weighted by Crippen LogP contribution is -2.33. The van der Waals surface area contributed by atoms with Gasteiger partial charge in [-0.1, -0.05) is 121 Å². The third-order valence-electron chi connectivity index (χ3n) is 7.05. The molecule has 1 heterocycles. The van der Waals surface area contributed by atoms with Crippen LogP contribution in [0.4, 0.5) is 11.4 Å². The fraction of sp³-hybridized carbons (Fsp3) is 0.0882. The van der Waals surface area contributed by atoms with Gasteiger partial charge in [0.1, 0.15) is 0 Å². The molecule has 0 amide bonds. The molecular formula is C34H28N2. The first-order valence-electron chi connectivity index (χ1n) is 12.4. The summed E-state index contributed by atoms with van der Waals surface area (Å²) in [5, 5.41) is 3.83. The van der Waals surface area contributed by atoms with Crippen LogP contribution in [0.5, 0.6) is 0 Å². The van der Waals surface area contributed by atoms with Crippen molar-refractivity contribution < 1.29 is 0 Å². The summed E-state index contributed by atoms with van der Waals surface area (Å²) in [7, 11) is 0. The lowest BCUT2D eigenvalue weighted by atomic mass is 9.84. The van der Waals surface area contributed by atoms with Crippen LogP contribution in [0.1, 0.15) is 24.5 Å². The Bertz CT molecular complexity index is 1500. The predicted octanol–water partition coefficient (Wildman–Crippen LogP) is 8.87. The zero-order chi connectivity index (χ0) is 24.4. The van der Waals surface area contributed by atoms with Gasteiger partial charge in [0, 0.05) is 6.42 Å². The largest absolute Gasteiger partial charge is 0.374 e. The van der Waals surface area contributed by atoms with E-state index in [1.165, 1.54) is 27.8 Å². The van der Waals surface area contributed by atoms with Gasteiger partial charge in [0.2, 0.25) is 0 Å². The minimum Gasteiger partial charge on any atom is -0.374 e. The fourth-order valence-corrected chi connectivity index (χ4v) is 5.03. The Kier molecular flexibility index (Phi) is 5.71. The van der Waals surface area contributed by atoms with E-state index in [0.29, 0.717) is 0 Å². The maximum absolute atomic E-state index is 5.15. The van der Waals surface area contributed by atoms with E-state index in [-0.39, 0.29) is 5.54 Å². The molecule has 5 aromatic rings. The van der Waals surface area contributed by atoms with E-state index in [0.717, 1.165) is 29.1 Å². The number of rotatable bonds is 4. The Morgan fingerprint density at radius 2 is 1.00 bits per heavy atom. The van der Waals surface area contributed by atoms with E-state index in [1.807, 2.05) is 0 Å². The maximum atomic E-state index is 5.15.